The molecule has 2 rings (SSSR count). The van der Waals surface area contributed by atoms with Crippen LogP contribution >= 0.6 is 0 Å². The molecule has 2 atom stereocenters. The van der Waals surface area contributed by atoms with Crippen molar-refractivity contribution in [2.45, 2.75) is 56.9 Å². The Morgan fingerprint density at radius 1 is 1.30 bits per heavy atom. The average Bonchev–Trinajstić information content (AvgIpc) is 2.41. The fourth-order valence-electron chi connectivity index (χ4n) is 2.87. The largest absolute Gasteiger partial charge is 0.399 e. The Morgan fingerprint density at radius 3 is 2.65 bits per heavy atom. The molecule has 3 N–H and O–H groups in total. The Hall–Kier alpha value is -1.07. The normalized spacial score (nSPS) is 23.7. The number of sulfonamides is 1. The van der Waals surface area contributed by atoms with Gasteiger partial charge in [-0.1, -0.05) is 32.8 Å². The number of hydrogen-bond donors (Lipinski definition) is 2. The maximum absolute atomic E-state index is 12.6. The van der Waals surface area contributed by atoms with E-state index in [1.807, 2.05) is 6.92 Å². The van der Waals surface area contributed by atoms with E-state index in [0.717, 1.165) is 24.8 Å². The molecule has 0 aliphatic heterocycles. The summed E-state index contributed by atoms with van der Waals surface area (Å²) in [6, 6.07) is 5.16. The smallest absolute Gasteiger partial charge is 0.241 e. The standard InChI is InChI=1S/C15H24N2O2S/c1-3-12-8-9-13(16)10-15(12)20(18,19)17-14-7-5-4-6-11(14)2/h8-11,14,17H,3-7,16H2,1-2H3. The second-order valence-corrected chi connectivity index (χ2v) is 7.39. The number of aryl methyl sites for hydroxylation is 1. The van der Waals surface area contributed by atoms with Crippen molar-refractivity contribution < 1.29 is 8.42 Å². The van der Waals surface area contributed by atoms with Crippen LogP contribution in [0.25, 0.3) is 0 Å². The van der Waals surface area contributed by atoms with Crippen molar-refractivity contribution in [3.63, 3.8) is 0 Å². The molecule has 1 fully saturated rings. The maximum Gasteiger partial charge on any atom is 0.241 e. The number of anilines is 1. The second-order valence-electron chi connectivity index (χ2n) is 5.71. The van der Waals surface area contributed by atoms with Crippen molar-refractivity contribution in [3.05, 3.63) is 23.8 Å². The fourth-order valence-corrected chi connectivity index (χ4v) is 4.59. The predicted octanol–water partition coefficient (Wildman–Crippen LogP) is 2.69. The van der Waals surface area contributed by atoms with Crippen molar-refractivity contribution >= 4 is 15.7 Å². The zero-order valence-corrected chi connectivity index (χ0v) is 13.0. The summed E-state index contributed by atoms with van der Waals surface area (Å²) < 4.78 is 28.1. The summed E-state index contributed by atoms with van der Waals surface area (Å²) in [5.41, 5.74) is 7.05. The van der Waals surface area contributed by atoms with Gasteiger partial charge in [0.2, 0.25) is 10.0 Å². The van der Waals surface area contributed by atoms with Gasteiger partial charge in [-0.15, -0.1) is 0 Å². The summed E-state index contributed by atoms with van der Waals surface area (Å²) in [5, 5.41) is 0. The molecule has 1 aliphatic rings. The minimum atomic E-state index is -3.49. The molecule has 2 unspecified atom stereocenters. The van der Waals surface area contributed by atoms with Crippen LogP contribution in [0.2, 0.25) is 0 Å². The third-order valence-corrected chi connectivity index (χ3v) is 5.75. The molecule has 1 aliphatic carbocycles. The molecule has 1 aromatic carbocycles. The van der Waals surface area contributed by atoms with Crippen LogP contribution in [0.15, 0.2) is 23.1 Å². The van der Waals surface area contributed by atoms with Gasteiger partial charge in [0.25, 0.3) is 0 Å². The summed E-state index contributed by atoms with van der Waals surface area (Å²) in [4.78, 5) is 0.331. The number of nitrogens with one attached hydrogen (secondary N) is 1. The molecule has 1 saturated carbocycles. The van der Waals surface area contributed by atoms with E-state index in [4.69, 9.17) is 5.73 Å². The first kappa shape index (κ1) is 15.3. The first-order chi connectivity index (χ1) is 9.44. The molecule has 0 spiro atoms. The van der Waals surface area contributed by atoms with Crippen molar-refractivity contribution in [2.24, 2.45) is 5.92 Å². The zero-order chi connectivity index (χ0) is 14.8. The van der Waals surface area contributed by atoms with E-state index in [0.29, 0.717) is 22.9 Å². The molecule has 5 heteroatoms. The third kappa shape index (κ3) is 3.33. The molecule has 20 heavy (non-hydrogen) atoms. The highest BCUT2D eigenvalue weighted by Gasteiger charge is 2.27. The third-order valence-electron chi connectivity index (χ3n) is 4.18. The molecular weight excluding hydrogens is 272 g/mol. The number of nitrogens with two attached hydrogens (primary N) is 1. The Kier molecular flexibility index (Phi) is 4.70. The highest BCUT2D eigenvalue weighted by molar-refractivity contribution is 7.89. The Bertz CT molecular complexity index is 569. The molecule has 0 radical (unpaired) electrons. The molecule has 1 aromatic rings. The number of hydrogen-bond acceptors (Lipinski definition) is 3. The lowest BCUT2D eigenvalue weighted by molar-refractivity contribution is 0.310. The van der Waals surface area contributed by atoms with Gasteiger partial charge in [0.15, 0.2) is 0 Å². The van der Waals surface area contributed by atoms with Crippen LogP contribution < -0.4 is 10.5 Å². The van der Waals surface area contributed by atoms with Crippen molar-refractivity contribution in [3.8, 4) is 0 Å². The quantitative estimate of drug-likeness (QED) is 0.839. The first-order valence-electron chi connectivity index (χ1n) is 7.34. The van der Waals surface area contributed by atoms with E-state index < -0.39 is 10.0 Å². The molecule has 112 valence electrons. The average molecular weight is 296 g/mol. The topological polar surface area (TPSA) is 72.2 Å². The number of nitrogen functional groups attached to an aromatic ring is 1. The van der Waals surface area contributed by atoms with E-state index >= 15 is 0 Å². The molecule has 0 saturated heterocycles. The van der Waals surface area contributed by atoms with Crippen molar-refractivity contribution in [1.82, 2.24) is 4.72 Å². The van der Waals surface area contributed by atoms with Gasteiger partial charge in [0.1, 0.15) is 0 Å². The summed E-state index contributed by atoms with van der Waals surface area (Å²) >= 11 is 0. The first-order valence-corrected chi connectivity index (χ1v) is 8.83. The van der Waals surface area contributed by atoms with Gasteiger partial charge in [-0.05, 0) is 42.9 Å². The Labute approximate surface area is 121 Å². The van der Waals surface area contributed by atoms with E-state index in [1.165, 1.54) is 6.42 Å². The zero-order valence-electron chi connectivity index (χ0n) is 12.2. The van der Waals surface area contributed by atoms with Gasteiger partial charge in [0.05, 0.1) is 4.90 Å². The molecule has 0 bridgehead atoms. The molecule has 4 nitrogen and oxygen atoms in total. The maximum atomic E-state index is 12.6. The summed E-state index contributed by atoms with van der Waals surface area (Å²) in [5.74, 6) is 0.393. The minimum Gasteiger partial charge on any atom is -0.399 e. The van der Waals surface area contributed by atoms with Crippen molar-refractivity contribution in [1.29, 1.82) is 0 Å². The van der Waals surface area contributed by atoms with E-state index in [2.05, 4.69) is 11.6 Å². The van der Waals surface area contributed by atoms with Crippen LogP contribution in [0.1, 0.15) is 45.1 Å². The van der Waals surface area contributed by atoms with Gasteiger partial charge < -0.3 is 5.73 Å². The van der Waals surface area contributed by atoms with Gasteiger partial charge in [-0.25, -0.2) is 13.1 Å². The van der Waals surface area contributed by atoms with Gasteiger partial charge in [-0.2, -0.15) is 0 Å². The molecular formula is C15H24N2O2S. The van der Waals surface area contributed by atoms with Gasteiger partial charge in [0, 0.05) is 11.7 Å². The Morgan fingerprint density at radius 2 is 2.00 bits per heavy atom. The van der Waals surface area contributed by atoms with Crippen LogP contribution in [-0.4, -0.2) is 14.5 Å². The molecule has 0 amide bonds. The van der Waals surface area contributed by atoms with Crippen LogP contribution in [0.3, 0.4) is 0 Å². The highest BCUT2D eigenvalue weighted by atomic mass is 32.2. The second kappa shape index (κ2) is 6.14. The van der Waals surface area contributed by atoms with Crippen LogP contribution in [0.4, 0.5) is 5.69 Å². The monoisotopic (exact) mass is 296 g/mol. The van der Waals surface area contributed by atoms with Gasteiger partial charge >= 0.3 is 0 Å². The van der Waals surface area contributed by atoms with Gasteiger partial charge in [-0.3, -0.25) is 0 Å². The summed E-state index contributed by atoms with van der Waals surface area (Å²) in [7, 11) is -3.49. The lowest BCUT2D eigenvalue weighted by atomic mass is 9.87. The summed E-state index contributed by atoms with van der Waals surface area (Å²) in [6.45, 7) is 4.07. The van der Waals surface area contributed by atoms with Crippen molar-refractivity contribution in [2.75, 3.05) is 5.73 Å². The molecule has 0 heterocycles. The highest BCUT2D eigenvalue weighted by Crippen LogP contribution is 2.26. The lowest BCUT2D eigenvalue weighted by Gasteiger charge is -2.29. The van der Waals surface area contributed by atoms with Crippen LogP contribution in [-0.2, 0) is 16.4 Å². The van der Waals surface area contributed by atoms with E-state index in [-0.39, 0.29) is 6.04 Å². The summed E-state index contributed by atoms with van der Waals surface area (Å²) in [6.07, 6.45) is 4.97. The van der Waals surface area contributed by atoms with E-state index in [9.17, 15) is 8.42 Å². The fraction of sp³-hybridized carbons (Fsp3) is 0.600. The van der Waals surface area contributed by atoms with Crippen LogP contribution in [0.5, 0.6) is 0 Å². The van der Waals surface area contributed by atoms with Crippen LogP contribution in [0, 0.1) is 5.92 Å². The molecule has 0 aromatic heterocycles. The predicted molar refractivity (Wildman–Crippen MR) is 82.0 cm³/mol. The lowest BCUT2D eigenvalue weighted by Crippen LogP contribution is -2.41. The number of rotatable bonds is 4. The number of benzene rings is 1. The SMILES string of the molecule is CCc1ccc(N)cc1S(=O)(=O)NC1CCCCC1C. The Balaban J connectivity index is 2.28. The minimum absolute atomic E-state index is 0.0416. The van der Waals surface area contributed by atoms with E-state index in [1.54, 1.807) is 18.2 Å².